The lowest BCUT2D eigenvalue weighted by Gasteiger charge is -2.09. The van der Waals surface area contributed by atoms with Crippen LogP contribution in [-0.4, -0.2) is 32.1 Å². The number of aromatic nitrogens is 5. The molecule has 0 aliphatic heterocycles. The Bertz CT molecular complexity index is 1190. The molecule has 0 saturated carbocycles. The summed E-state index contributed by atoms with van der Waals surface area (Å²) in [6.45, 7) is 2.98. The van der Waals surface area contributed by atoms with E-state index in [1.165, 1.54) is 11.8 Å². The predicted molar refractivity (Wildman–Crippen MR) is 126 cm³/mol. The zero-order valence-corrected chi connectivity index (χ0v) is 19.9. The quantitative estimate of drug-likeness (QED) is 0.251. The van der Waals surface area contributed by atoms with Crippen molar-refractivity contribution in [3.63, 3.8) is 0 Å². The van der Waals surface area contributed by atoms with Crippen LogP contribution in [0.5, 0.6) is 5.75 Å². The van der Waals surface area contributed by atoms with Gasteiger partial charge in [0.05, 0.1) is 23.4 Å². The van der Waals surface area contributed by atoms with Crippen LogP contribution in [0, 0.1) is 0 Å². The van der Waals surface area contributed by atoms with Gasteiger partial charge in [0.1, 0.15) is 5.75 Å². The maximum atomic E-state index is 6.25. The average Bonchev–Trinajstić information content (AvgIpc) is 3.43. The lowest BCUT2D eigenvalue weighted by molar-refractivity contribution is 0.415. The third-order valence-electron chi connectivity index (χ3n) is 4.75. The second kappa shape index (κ2) is 10.4. The lowest BCUT2D eigenvalue weighted by atomic mass is 10.2. The minimum absolute atomic E-state index is 0.355. The largest absolute Gasteiger partial charge is 0.497 e. The van der Waals surface area contributed by atoms with Gasteiger partial charge >= 0.3 is 0 Å². The second-order valence-electron chi connectivity index (χ2n) is 6.95. The number of thioether (sulfide) groups is 1. The molecule has 0 atom stereocenters. The Morgan fingerprint density at radius 1 is 1.03 bits per heavy atom. The number of methoxy groups -OCH3 is 1. The standard InChI is InChI=1S/C22H21Cl2N5O2S/c1-3-4-11-29-20(14-5-8-16(30-2)9-6-14)26-28-22(29)32-13-19-25-27-21(31-19)17-10-7-15(23)12-18(17)24/h5-10,12H,3-4,11,13H2,1-2H3. The fourth-order valence-corrected chi connectivity index (χ4v) is 4.37. The molecular formula is C22H21Cl2N5O2S. The van der Waals surface area contributed by atoms with Crippen molar-refractivity contribution in [3.8, 4) is 28.6 Å². The molecule has 4 rings (SSSR count). The molecule has 0 spiro atoms. The first kappa shape index (κ1) is 22.6. The van der Waals surface area contributed by atoms with Gasteiger partial charge < -0.3 is 13.7 Å². The van der Waals surface area contributed by atoms with Crippen LogP contribution in [0.1, 0.15) is 25.7 Å². The number of nitrogens with zero attached hydrogens (tertiary/aromatic N) is 5. The van der Waals surface area contributed by atoms with E-state index < -0.39 is 0 Å². The summed E-state index contributed by atoms with van der Waals surface area (Å²) in [6, 6.07) is 13.0. The summed E-state index contributed by atoms with van der Waals surface area (Å²) < 4.78 is 13.2. The summed E-state index contributed by atoms with van der Waals surface area (Å²) in [4.78, 5) is 0. The van der Waals surface area contributed by atoms with Crippen molar-refractivity contribution < 1.29 is 9.15 Å². The first-order valence-electron chi connectivity index (χ1n) is 10.1. The molecule has 7 nitrogen and oxygen atoms in total. The summed E-state index contributed by atoms with van der Waals surface area (Å²) in [5.74, 6) is 2.92. The van der Waals surface area contributed by atoms with E-state index in [1.807, 2.05) is 24.3 Å². The Balaban J connectivity index is 1.53. The molecule has 2 aromatic heterocycles. The zero-order chi connectivity index (χ0) is 22.5. The first-order valence-corrected chi connectivity index (χ1v) is 11.8. The number of halogens is 2. The Morgan fingerprint density at radius 3 is 2.56 bits per heavy atom. The van der Waals surface area contributed by atoms with E-state index >= 15 is 0 Å². The van der Waals surface area contributed by atoms with Gasteiger partial charge in [0.15, 0.2) is 11.0 Å². The van der Waals surface area contributed by atoms with Gasteiger partial charge in [-0.1, -0.05) is 48.3 Å². The molecule has 2 heterocycles. The molecule has 0 unspecified atom stereocenters. The summed E-state index contributed by atoms with van der Waals surface area (Å²) in [5.41, 5.74) is 1.63. The Kier molecular flexibility index (Phi) is 7.34. The van der Waals surface area contributed by atoms with Gasteiger partial charge in [0.25, 0.3) is 0 Å². The third kappa shape index (κ3) is 5.09. The number of unbranched alkanes of at least 4 members (excludes halogenated alkanes) is 1. The molecule has 0 N–H and O–H groups in total. The Labute approximate surface area is 200 Å². The van der Waals surface area contributed by atoms with Crippen LogP contribution in [0.15, 0.2) is 52.0 Å². The first-order chi connectivity index (χ1) is 15.6. The molecule has 0 amide bonds. The molecule has 0 bridgehead atoms. The van der Waals surface area contributed by atoms with Crippen LogP contribution >= 0.6 is 35.0 Å². The topological polar surface area (TPSA) is 78.9 Å². The number of rotatable bonds is 9. The van der Waals surface area contributed by atoms with Gasteiger partial charge in [0.2, 0.25) is 11.8 Å². The van der Waals surface area contributed by atoms with Crippen molar-refractivity contribution in [1.29, 1.82) is 0 Å². The Morgan fingerprint density at radius 2 is 1.84 bits per heavy atom. The molecular weight excluding hydrogens is 469 g/mol. The van der Waals surface area contributed by atoms with Crippen molar-refractivity contribution in [2.45, 2.75) is 37.2 Å². The van der Waals surface area contributed by atoms with Crippen molar-refractivity contribution in [2.75, 3.05) is 7.11 Å². The van der Waals surface area contributed by atoms with Gasteiger partial charge in [-0.2, -0.15) is 0 Å². The van der Waals surface area contributed by atoms with Crippen molar-refractivity contribution in [1.82, 2.24) is 25.0 Å². The van der Waals surface area contributed by atoms with E-state index in [0.29, 0.717) is 33.1 Å². The molecule has 0 fully saturated rings. The van der Waals surface area contributed by atoms with Gasteiger partial charge in [-0.3, -0.25) is 0 Å². The Hall–Kier alpha value is -2.55. The number of hydrogen-bond donors (Lipinski definition) is 0. The minimum atomic E-state index is 0.355. The highest BCUT2D eigenvalue weighted by Crippen LogP contribution is 2.31. The van der Waals surface area contributed by atoms with Crippen molar-refractivity contribution in [3.05, 3.63) is 58.4 Å². The molecule has 2 aromatic carbocycles. The normalized spacial score (nSPS) is 11.1. The molecule has 0 saturated heterocycles. The number of ether oxygens (including phenoxy) is 1. The molecule has 166 valence electrons. The lowest BCUT2D eigenvalue weighted by Crippen LogP contribution is -2.02. The maximum Gasteiger partial charge on any atom is 0.249 e. The van der Waals surface area contributed by atoms with Gasteiger partial charge in [-0.05, 0) is 48.9 Å². The van der Waals surface area contributed by atoms with Crippen molar-refractivity contribution in [2.24, 2.45) is 0 Å². The SMILES string of the molecule is CCCCn1c(SCc2nnc(-c3ccc(Cl)cc3Cl)o2)nnc1-c1ccc(OC)cc1. The average molecular weight is 490 g/mol. The van der Waals surface area contributed by atoms with E-state index in [0.717, 1.165) is 41.7 Å². The molecule has 0 aliphatic carbocycles. The summed E-state index contributed by atoms with van der Waals surface area (Å²) in [7, 11) is 1.65. The van der Waals surface area contributed by atoms with E-state index in [1.54, 1.807) is 25.3 Å². The van der Waals surface area contributed by atoms with E-state index in [2.05, 4.69) is 31.9 Å². The molecule has 4 aromatic rings. The van der Waals surface area contributed by atoms with Crippen LogP contribution in [0.3, 0.4) is 0 Å². The number of hydrogen-bond acceptors (Lipinski definition) is 7. The monoisotopic (exact) mass is 489 g/mol. The zero-order valence-electron chi connectivity index (χ0n) is 17.6. The highest BCUT2D eigenvalue weighted by atomic mass is 35.5. The molecule has 0 aliphatic rings. The van der Waals surface area contributed by atoms with E-state index in [-0.39, 0.29) is 0 Å². The van der Waals surface area contributed by atoms with Crippen LogP contribution in [-0.2, 0) is 12.3 Å². The second-order valence-corrected chi connectivity index (χ2v) is 8.74. The third-order valence-corrected chi connectivity index (χ3v) is 6.25. The maximum absolute atomic E-state index is 6.25. The highest BCUT2D eigenvalue weighted by molar-refractivity contribution is 7.98. The van der Waals surface area contributed by atoms with Gasteiger partial charge in [-0.15, -0.1) is 20.4 Å². The van der Waals surface area contributed by atoms with Crippen molar-refractivity contribution >= 4 is 35.0 Å². The summed E-state index contributed by atoms with van der Waals surface area (Å²) >= 11 is 13.7. The van der Waals surface area contributed by atoms with E-state index in [4.69, 9.17) is 32.4 Å². The smallest absolute Gasteiger partial charge is 0.249 e. The van der Waals surface area contributed by atoms with Gasteiger partial charge in [-0.25, -0.2) is 0 Å². The minimum Gasteiger partial charge on any atom is -0.497 e. The van der Waals surface area contributed by atoms with Gasteiger partial charge in [0, 0.05) is 17.1 Å². The van der Waals surface area contributed by atoms with Crippen LogP contribution in [0.25, 0.3) is 22.8 Å². The summed E-state index contributed by atoms with van der Waals surface area (Å²) in [6.07, 6.45) is 2.09. The van der Waals surface area contributed by atoms with Crippen LogP contribution < -0.4 is 4.74 Å². The van der Waals surface area contributed by atoms with E-state index in [9.17, 15) is 0 Å². The predicted octanol–water partition coefficient (Wildman–Crippen LogP) is 6.40. The molecule has 0 radical (unpaired) electrons. The fourth-order valence-electron chi connectivity index (χ4n) is 3.08. The highest BCUT2D eigenvalue weighted by Gasteiger charge is 2.17. The van der Waals surface area contributed by atoms with Crippen LogP contribution in [0.2, 0.25) is 10.0 Å². The fraction of sp³-hybridized carbons (Fsp3) is 0.273. The molecule has 32 heavy (non-hydrogen) atoms. The summed E-state index contributed by atoms with van der Waals surface area (Å²) in [5, 5.41) is 18.9. The molecule has 10 heteroatoms. The van der Waals surface area contributed by atoms with Crippen LogP contribution in [0.4, 0.5) is 0 Å². The number of benzene rings is 2.